The molecular weight excluding hydrogens is 258 g/mol. The highest BCUT2D eigenvalue weighted by molar-refractivity contribution is 5.75. The molecule has 0 saturated carbocycles. The van der Waals surface area contributed by atoms with Crippen molar-refractivity contribution in [3.8, 4) is 0 Å². The van der Waals surface area contributed by atoms with Crippen LogP contribution >= 0.6 is 0 Å². The Kier molecular flexibility index (Phi) is 4.17. The second kappa shape index (κ2) is 6.42. The van der Waals surface area contributed by atoms with E-state index in [1.807, 2.05) is 12.1 Å². The van der Waals surface area contributed by atoms with E-state index in [4.69, 9.17) is 0 Å². The quantitative estimate of drug-likeness (QED) is 0.922. The number of hydrogen-bond donors (Lipinski definition) is 1. The zero-order valence-electron chi connectivity index (χ0n) is 11.9. The van der Waals surface area contributed by atoms with E-state index in [9.17, 15) is 5.11 Å². The Labute approximate surface area is 125 Å². The Bertz CT molecular complexity index is 631. The summed E-state index contributed by atoms with van der Waals surface area (Å²) in [6, 6.07) is 21.0. The molecule has 106 valence electrons. The van der Waals surface area contributed by atoms with E-state index in [0.29, 0.717) is 6.54 Å². The molecule has 1 N–H and O–H groups in total. The van der Waals surface area contributed by atoms with Gasteiger partial charge in [0.25, 0.3) is 0 Å². The number of hydrogen-bond acceptors (Lipinski definition) is 2. The van der Waals surface area contributed by atoms with E-state index in [2.05, 4.69) is 71.8 Å². The van der Waals surface area contributed by atoms with Gasteiger partial charge < -0.3 is 10.0 Å². The summed E-state index contributed by atoms with van der Waals surface area (Å²) >= 11 is 0. The third-order valence-electron chi connectivity index (χ3n) is 3.75. The molecule has 0 aliphatic carbocycles. The first kappa shape index (κ1) is 13.7. The summed E-state index contributed by atoms with van der Waals surface area (Å²) in [7, 11) is 0. The monoisotopic (exact) mass is 277 g/mol. The minimum Gasteiger partial charge on any atom is -0.395 e. The Balaban J connectivity index is 1.96. The molecule has 0 amide bonds. The number of nitrogens with zero attached hydrogens (tertiary/aromatic N) is 1. The summed E-state index contributed by atoms with van der Waals surface area (Å²) in [6.07, 6.45) is 6.46. The maximum atomic E-state index is 9.27. The molecule has 0 fully saturated rings. The minimum absolute atomic E-state index is 0.155. The van der Waals surface area contributed by atoms with E-state index in [0.717, 1.165) is 0 Å². The molecule has 2 nitrogen and oxygen atoms in total. The van der Waals surface area contributed by atoms with Crippen molar-refractivity contribution in [2.24, 2.45) is 0 Å². The van der Waals surface area contributed by atoms with Gasteiger partial charge in [0.15, 0.2) is 0 Å². The summed E-state index contributed by atoms with van der Waals surface area (Å²) in [5, 5.41) is 9.27. The van der Waals surface area contributed by atoms with Crippen LogP contribution in [0.5, 0.6) is 0 Å². The average molecular weight is 277 g/mol. The van der Waals surface area contributed by atoms with Crippen LogP contribution in [-0.2, 0) is 0 Å². The molecule has 1 aliphatic rings. The van der Waals surface area contributed by atoms with Crippen LogP contribution in [0.25, 0.3) is 5.57 Å². The normalized spacial score (nSPS) is 17.7. The third kappa shape index (κ3) is 3.06. The third-order valence-corrected chi connectivity index (χ3v) is 3.75. The summed E-state index contributed by atoms with van der Waals surface area (Å²) < 4.78 is 0. The van der Waals surface area contributed by atoms with Crippen LogP contribution in [0.4, 0.5) is 0 Å². The largest absolute Gasteiger partial charge is 0.395 e. The Hall–Kier alpha value is -2.32. The van der Waals surface area contributed by atoms with E-state index >= 15 is 0 Å². The molecule has 0 spiro atoms. The fourth-order valence-corrected chi connectivity index (χ4v) is 2.68. The first-order valence-corrected chi connectivity index (χ1v) is 7.25. The van der Waals surface area contributed by atoms with Crippen molar-refractivity contribution in [3.63, 3.8) is 0 Å². The van der Waals surface area contributed by atoms with Crippen LogP contribution in [0.15, 0.2) is 79.0 Å². The van der Waals surface area contributed by atoms with Gasteiger partial charge in [-0.2, -0.15) is 0 Å². The predicted octanol–water partition coefficient (Wildman–Crippen LogP) is 3.63. The zero-order valence-corrected chi connectivity index (χ0v) is 11.9. The lowest BCUT2D eigenvalue weighted by atomic mass is 9.96. The number of allylic oxidation sites excluding steroid dienone is 2. The van der Waals surface area contributed by atoms with Crippen LogP contribution in [-0.4, -0.2) is 23.2 Å². The highest BCUT2D eigenvalue weighted by atomic mass is 16.3. The van der Waals surface area contributed by atoms with Crippen molar-refractivity contribution < 1.29 is 5.11 Å². The van der Waals surface area contributed by atoms with Gasteiger partial charge in [-0.3, -0.25) is 0 Å². The molecule has 21 heavy (non-hydrogen) atoms. The number of rotatable bonds is 4. The first-order chi connectivity index (χ1) is 10.4. The molecular formula is C19H19NO. The molecule has 3 rings (SSSR count). The first-order valence-electron chi connectivity index (χ1n) is 7.25. The van der Waals surface area contributed by atoms with Crippen LogP contribution < -0.4 is 0 Å². The Morgan fingerprint density at radius 1 is 0.905 bits per heavy atom. The smallest absolute Gasteiger partial charge is 0.0731 e. The van der Waals surface area contributed by atoms with Crippen molar-refractivity contribution in [1.29, 1.82) is 0 Å². The number of β-amino-alcohol motifs (C(OH)–C–C–N with tert-alkyl or cyclic N) is 1. The van der Waals surface area contributed by atoms with Gasteiger partial charge in [-0.15, -0.1) is 0 Å². The molecule has 1 atom stereocenters. The van der Waals surface area contributed by atoms with Gasteiger partial charge in [-0.05, 0) is 28.9 Å². The molecule has 2 heteroatoms. The number of aliphatic hydroxyl groups excluding tert-OH is 1. The van der Waals surface area contributed by atoms with E-state index in [-0.39, 0.29) is 12.6 Å². The fraction of sp³-hybridized carbons (Fsp3) is 0.158. The summed E-state index contributed by atoms with van der Waals surface area (Å²) in [6.45, 7) is 0.789. The molecule has 2 aromatic carbocycles. The molecule has 0 saturated heterocycles. The van der Waals surface area contributed by atoms with Gasteiger partial charge in [0, 0.05) is 12.7 Å². The lowest BCUT2D eigenvalue weighted by molar-refractivity contribution is 0.217. The Morgan fingerprint density at radius 3 is 2.24 bits per heavy atom. The zero-order chi connectivity index (χ0) is 14.5. The maximum Gasteiger partial charge on any atom is 0.0731 e. The molecule has 0 bridgehead atoms. The van der Waals surface area contributed by atoms with Gasteiger partial charge in [-0.1, -0.05) is 60.7 Å². The van der Waals surface area contributed by atoms with Gasteiger partial charge in [0.1, 0.15) is 0 Å². The summed E-state index contributed by atoms with van der Waals surface area (Å²) in [4.78, 5) is 2.17. The van der Waals surface area contributed by atoms with Gasteiger partial charge >= 0.3 is 0 Å². The van der Waals surface area contributed by atoms with Gasteiger partial charge in [0.05, 0.1) is 12.6 Å². The van der Waals surface area contributed by atoms with Gasteiger partial charge in [-0.25, -0.2) is 0 Å². The van der Waals surface area contributed by atoms with Crippen LogP contribution in [0.2, 0.25) is 0 Å². The van der Waals surface area contributed by atoms with Crippen LogP contribution in [0.1, 0.15) is 17.2 Å². The molecule has 1 heterocycles. The minimum atomic E-state index is 0.155. The van der Waals surface area contributed by atoms with Crippen molar-refractivity contribution in [2.75, 3.05) is 13.2 Å². The van der Waals surface area contributed by atoms with Crippen molar-refractivity contribution in [3.05, 3.63) is 90.1 Å². The SMILES string of the molecule is OCCN1C=CC(c2ccccc2)=CC1c1ccccc1. The van der Waals surface area contributed by atoms with E-state index in [1.54, 1.807) is 0 Å². The Morgan fingerprint density at radius 2 is 1.57 bits per heavy atom. The molecule has 1 unspecified atom stereocenters. The molecule has 2 aromatic rings. The second-order valence-corrected chi connectivity index (χ2v) is 5.12. The van der Waals surface area contributed by atoms with Crippen LogP contribution in [0, 0.1) is 0 Å². The highest BCUT2D eigenvalue weighted by Crippen LogP contribution is 2.31. The van der Waals surface area contributed by atoms with Crippen molar-refractivity contribution in [2.45, 2.75) is 6.04 Å². The van der Waals surface area contributed by atoms with Crippen molar-refractivity contribution >= 4 is 5.57 Å². The number of benzene rings is 2. The van der Waals surface area contributed by atoms with E-state index in [1.165, 1.54) is 16.7 Å². The summed E-state index contributed by atoms with van der Waals surface area (Å²) in [5.41, 5.74) is 3.68. The lowest BCUT2D eigenvalue weighted by Crippen LogP contribution is -2.27. The predicted molar refractivity (Wildman–Crippen MR) is 86.5 cm³/mol. The van der Waals surface area contributed by atoms with Crippen LogP contribution in [0.3, 0.4) is 0 Å². The fourth-order valence-electron chi connectivity index (χ4n) is 2.68. The molecule has 0 radical (unpaired) electrons. The van der Waals surface area contributed by atoms with E-state index < -0.39 is 0 Å². The van der Waals surface area contributed by atoms with Crippen molar-refractivity contribution in [1.82, 2.24) is 4.90 Å². The number of aliphatic hydroxyl groups is 1. The maximum absolute atomic E-state index is 9.27. The molecule has 1 aliphatic heterocycles. The highest BCUT2D eigenvalue weighted by Gasteiger charge is 2.19. The summed E-state index contributed by atoms with van der Waals surface area (Å²) in [5.74, 6) is 0. The van der Waals surface area contributed by atoms with Gasteiger partial charge in [0.2, 0.25) is 0 Å². The topological polar surface area (TPSA) is 23.5 Å². The standard InChI is InChI=1S/C19H19NO/c21-14-13-20-12-11-18(16-7-3-1-4-8-16)15-19(20)17-9-5-2-6-10-17/h1-12,15,19,21H,13-14H2. The average Bonchev–Trinajstić information content (AvgIpc) is 2.57. The second-order valence-electron chi connectivity index (χ2n) is 5.12. The molecule has 0 aromatic heterocycles. The lowest BCUT2D eigenvalue weighted by Gasteiger charge is -2.32.